The Balaban J connectivity index is 2.50. The van der Waals surface area contributed by atoms with Gasteiger partial charge >= 0.3 is 0 Å². The average Bonchev–Trinajstić information content (AvgIpc) is 2.41. The lowest BCUT2D eigenvalue weighted by atomic mass is 9.98. The topological polar surface area (TPSA) is 34.1 Å². The van der Waals surface area contributed by atoms with E-state index in [2.05, 4.69) is 15.9 Å². The number of sulfone groups is 1. The smallest absolute Gasteiger partial charge is 0.175 e. The standard InChI is InChI=1S/C16H16BrClO2S/c1-10-8-15(18)11(2)7-14(10)16(17)12-5-4-6-13(9-12)21(3,19)20/h4-9,16H,1-3H3. The van der Waals surface area contributed by atoms with Gasteiger partial charge in [0.15, 0.2) is 9.84 Å². The largest absolute Gasteiger partial charge is 0.224 e. The molecule has 0 saturated carbocycles. The Morgan fingerprint density at radius 1 is 1.10 bits per heavy atom. The van der Waals surface area contributed by atoms with Crippen LogP contribution >= 0.6 is 27.5 Å². The van der Waals surface area contributed by atoms with E-state index in [1.54, 1.807) is 18.2 Å². The molecule has 0 saturated heterocycles. The van der Waals surface area contributed by atoms with Gasteiger partial charge in [-0.1, -0.05) is 45.7 Å². The number of hydrogen-bond donors (Lipinski definition) is 0. The number of halogens is 2. The summed E-state index contributed by atoms with van der Waals surface area (Å²) >= 11 is 9.79. The number of benzene rings is 2. The quantitative estimate of drug-likeness (QED) is 0.706. The van der Waals surface area contributed by atoms with Crippen molar-refractivity contribution in [2.24, 2.45) is 0 Å². The molecule has 0 aliphatic rings. The van der Waals surface area contributed by atoms with E-state index in [9.17, 15) is 8.42 Å². The molecule has 21 heavy (non-hydrogen) atoms. The van der Waals surface area contributed by atoms with E-state index < -0.39 is 9.84 Å². The van der Waals surface area contributed by atoms with Gasteiger partial charge < -0.3 is 0 Å². The molecule has 2 aromatic rings. The van der Waals surface area contributed by atoms with Crippen LogP contribution in [0.25, 0.3) is 0 Å². The van der Waals surface area contributed by atoms with Crippen molar-refractivity contribution in [1.82, 2.24) is 0 Å². The summed E-state index contributed by atoms with van der Waals surface area (Å²) in [6.45, 7) is 3.95. The van der Waals surface area contributed by atoms with Crippen molar-refractivity contribution >= 4 is 37.4 Å². The minimum Gasteiger partial charge on any atom is -0.224 e. The molecular formula is C16H16BrClO2S. The molecule has 1 unspecified atom stereocenters. The van der Waals surface area contributed by atoms with Crippen molar-refractivity contribution < 1.29 is 8.42 Å². The number of hydrogen-bond acceptors (Lipinski definition) is 2. The Morgan fingerprint density at radius 2 is 1.76 bits per heavy atom. The molecule has 0 radical (unpaired) electrons. The third-order valence-electron chi connectivity index (χ3n) is 3.40. The van der Waals surface area contributed by atoms with Gasteiger partial charge in [0.25, 0.3) is 0 Å². The van der Waals surface area contributed by atoms with Gasteiger partial charge in [0.05, 0.1) is 9.72 Å². The van der Waals surface area contributed by atoms with Crippen molar-refractivity contribution in [3.63, 3.8) is 0 Å². The van der Waals surface area contributed by atoms with Crippen molar-refractivity contribution in [1.29, 1.82) is 0 Å². The molecule has 5 heteroatoms. The summed E-state index contributed by atoms with van der Waals surface area (Å²) < 4.78 is 23.4. The first-order valence-corrected chi connectivity index (χ1v) is 9.59. The van der Waals surface area contributed by atoms with E-state index in [0.29, 0.717) is 4.90 Å². The van der Waals surface area contributed by atoms with Crippen LogP contribution in [0.2, 0.25) is 5.02 Å². The van der Waals surface area contributed by atoms with Crippen LogP contribution in [0.15, 0.2) is 41.3 Å². The van der Waals surface area contributed by atoms with Crippen molar-refractivity contribution in [3.05, 3.63) is 63.7 Å². The zero-order chi connectivity index (χ0) is 15.8. The van der Waals surface area contributed by atoms with Crippen LogP contribution in [0.1, 0.15) is 27.1 Å². The van der Waals surface area contributed by atoms with Gasteiger partial charge in [-0.3, -0.25) is 0 Å². The maximum atomic E-state index is 11.7. The van der Waals surface area contributed by atoms with Crippen LogP contribution in [-0.2, 0) is 9.84 Å². The summed E-state index contributed by atoms with van der Waals surface area (Å²) in [6.07, 6.45) is 1.22. The van der Waals surface area contributed by atoms with E-state index in [-0.39, 0.29) is 4.83 Å². The Kier molecular flexibility index (Phi) is 4.81. The number of aryl methyl sites for hydroxylation is 2. The van der Waals surface area contributed by atoms with Gasteiger partial charge in [0.1, 0.15) is 0 Å². The van der Waals surface area contributed by atoms with Gasteiger partial charge in [-0.05, 0) is 54.3 Å². The fraction of sp³-hybridized carbons (Fsp3) is 0.250. The predicted octanol–water partition coefficient (Wildman–Crippen LogP) is 4.84. The first kappa shape index (κ1) is 16.5. The summed E-state index contributed by atoms with van der Waals surface area (Å²) in [5.41, 5.74) is 4.06. The van der Waals surface area contributed by atoms with Gasteiger partial charge in [0, 0.05) is 11.3 Å². The lowest BCUT2D eigenvalue weighted by molar-refractivity contribution is 0.602. The molecule has 2 aromatic carbocycles. The molecule has 0 spiro atoms. The highest BCUT2D eigenvalue weighted by atomic mass is 79.9. The van der Waals surface area contributed by atoms with Crippen molar-refractivity contribution in [2.45, 2.75) is 23.6 Å². The third-order valence-corrected chi connectivity index (χ3v) is 5.94. The number of alkyl halides is 1. The fourth-order valence-corrected chi connectivity index (χ4v) is 3.83. The van der Waals surface area contributed by atoms with Gasteiger partial charge in [0.2, 0.25) is 0 Å². The SMILES string of the molecule is Cc1cc(C(Br)c2cccc(S(C)(=O)=O)c2)c(C)cc1Cl. The second-order valence-corrected chi connectivity index (χ2v) is 8.50. The molecular weight excluding hydrogens is 372 g/mol. The van der Waals surface area contributed by atoms with Gasteiger partial charge in [-0.2, -0.15) is 0 Å². The first-order chi connectivity index (χ1) is 9.70. The third kappa shape index (κ3) is 3.68. The molecule has 0 fully saturated rings. The van der Waals surface area contributed by atoms with E-state index in [1.807, 2.05) is 32.0 Å². The number of rotatable bonds is 3. The van der Waals surface area contributed by atoms with Crippen molar-refractivity contribution in [2.75, 3.05) is 6.26 Å². The highest BCUT2D eigenvalue weighted by molar-refractivity contribution is 9.09. The molecule has 0 amide bonds. The van der Waals surface area contributed by atoms with E-state index in [4.69, 9.17) is 11.6 Å². The van der Waals surface area contributed by atoms with Crippen LogP contribution in [0.5, 0.6) is 0 Å². The van der Waals surface area contributed by atoms with Crippen LogP contribution in [0.3, 0.4) is 0 Å². The van der Waals surface area contributed by atoms with E-state index >= 15 is 0 Å². The summed E-state index contributed by atoms with van der Waals surface area (Å²) in [4.78, 5) is 0.253. The molecule has 0 aliphatic carbocycles. The van der Waals surface area contributed by atoms with Crippen LogP contribution in [0, 0.1) is 13.8 Å². The highest BCUT2D eigenvalue weighted by Gasteiger charge is 2.16. The molecule has 0 aromatic heterocycles. The molecule has 0 heterocycles. The molecule has 0 N–H and O–H groups in total. The minimum absolute atomic E-state index is 0.0739. The maximum absolute atomic E-state index is 11.7. The summed E-state index contributed by atoms with van der Waals surface area (Å²) in [5.74, 6) is 0. The van der Waals surface area contributed by atoms with Crippen LogP contribution in [0.4, 0.5) is 0 Å². The molecule has 2 nitrogen and oxygen atoms in total. The maximum Gasteiger partial charge on any atom is 0.175 e. The van der Waals surface area contributed by atoms with E-state index in [0.717, 1.165) is 27.3 Å². The summed E-state index contributed by atoms with van der Waals surface area (Å²) in [6, 6.07) is 11.0. The molecule has 0 aliphatic heterocycles. The normalized spacial score (nSPS) is 13.2. The van der Waals surface area contributed by atoms with Gasteiger partial charge in [-0.25, -0.2) is 8.42 Å². The summed E-state index contributed by atoms with van der Waals surface area (Å²) in [7, 11) is -3.21. The van der Waals surface area contributed by atoms with Crippen LogP contribution in [-0.4, -0.2) is 14.7 Å². The molecule has 112 valence electrons. The average molecular weight is 388 g/mol. The summed E-state index contributed by atoms with van der Waals surface area (Å²) in [5, 5.41) is 0.737. The zero-order valence-electron chi connectivity index (χ0n) is 12.0. The Bertz CT molecular complexity index is 785. The van der Waals surface area contributed by atoms with Crippen LogP contribution < -0.4 is 0 Å². The van der Waals surface area contributed by atoms with E-state index in [1.165, 1.54) is 6.26 Å². The fourth-order valence-electron chi connectivity index (χ4n) is 2.16. The molecule has 0 bridgehead atoms. The van der Waals surface area contributed by atoms with Crippen molar-refractivity contribution in [3.8, 4) is 0 Å². The zero-order valence-corrected chi connectivity index (χ0v) is 15.2. The second-order valence-electron chi connectivity index (χ2n) is 5.17. The Hall–Kier alpha value is -0.840. The lowest BCUT2D eigenvalue weighted by Gasteiger charge is -2.16. The minimum atomic E-state index is -3.21. The molecule has 2 rings (SSSR count). The first-order valence-electron chi connectivity index (χ1n) is 6.41. The van der Waals surface area contributed by atoms with Gasteiger partial charge in [-0.15, -0.1) is 0 Å². The highest BCUT2D eigenvalue weighted by Crippen LogP contribution is 2.35. The second kappa shape index (κ2) is 6.11. The predicted molar refractivity (Wildman–Crippen MR) is 91.2 cm³/mol. The Morgan fingerprint density at radius 3 is 2.38 bits per heavy atom. The monoisotopic (exact) mass is 386 g/mol. The Labute approximate surface area is 139 Å². The molecule has 1 atom stereocenters. The lowest BCUT2D eigenvalue weighted by Crippen LogP contribution is -2.01.